The van der Waals surface area contributed by atoms with Gasteiger partial charge in [-0.25, -0.2) is 9.50 Å². The zero-order valence-corrected chi connectivity index (χ0v) is 20.9. The molecule has 1 N–H and O–H groups in total. The van der Waals surface area contributed by atoms with Crippen molar-refractivity contribution in [2.75, 3.05) is 31.6 Å². The number of hydrogen-bond acceptors (Lipinski definition) is 7. The first kappa shape index (κ1) is 23.9. The molecule has 0 bridgehead atoms. The van der Waals surface area contributed by atoms with Crippen LogP contribution in [0.4, 0.5) is 5.69 Å². The number of likely N-dealkylation sites (tertiary alicyclic amines) is 1. The van der Waals surface area contributed by atoms with E-state index < -0.39 is 0 Å². The quantitative estimate of drug-likeness (QED) is 0.308. The van der Waals surface area contributed by atoms with E-state index in [1.165, 1.54) is 38.2 Å². The second-order valence-corrected chi connectivity index (χ2v) is 9.34. The Morgan fingerprint density at radius 1 is 0.974 bits per heavy atom. The lowest BCUT2D eigenvalue weighted by Gasteiger charge is -2.14. The van der Waals surface area contributed by atoms with Crippen LogP contribution in [0.25, 0.3) is 16.9 Å². The number of carbonyl (C=O) groups excluding carboxylic acids is 1. The van der Waals surface area contributed by atoms with Gasteiger partial charge in [0.1, 0.15) is 12.4 Å². The van der Waals surface area contributed by atoms with E-state index in [1.807, 2.05) is 59.1 Å². The van der Waals surface area contributed by atoms with E-state index in [1.54, 1.807) is 0 Å². The zero-order valence-electron chi connectivity index (χ0n) is 20.9. The molecule has 2 aromatic carbocycles. The number of benzene rings is 2. The van der Waals surface area contributed by atoms with Gasteiger partial charge in [-0.3, -0.25) is 9.69 Å². The van der Waals surface area contributed by atoms with Crippen LogP contribution in [0.1, 0.15) is 34.8 Å². The van der Waals surface area contributed by atoms with Gasteiger partial charge in [0.15, 0.2) is 11.5 Å². The first-order chi connectivity index (χ1) is 18.7. The second kappa shape index (κ2) is 10.9. The van der Waals surface area contributed by atoms with E-state index >= 15 is 0 Å². The Bertz CT molecular complexity index is 1500. The van der Waals surface area contributed by atoms with E-state index in [4.69, 9.17) is 19.3 Å². The Balaban J connectivity index is 1.11. The van der Waals surface area contributed by atoms with Gasteiger partial charge in [0.25, 0.3) is 5.91 Å². The van der Waals surface area contributed by atoms with Crippen molar-refractivity contribution in [3.63, 3.8) is 0 Å². The second-order valence-electron chi connectivity index (χ2n) is 9.34. The smallest absolute Gasteiger partial charge is 0.294 e. The number of nitrogens with one attached hydrogen (secondary N) is 1. The summed E-state index contributed by atoms with van der Waals surface area (Å²) < 4.78 is 12.7. The van der Waals surface area contributed by atoms with Crippen LogP contribution < -0.4 is 10.1 Å². The molecule has 0 spiro atoms. The molecule has 6 rings (SSSR count). The van der Waals surface area contributed by atoms with Crippen LogP contribution >= 0.6 is 0 Å². The van der Waals surface area contributed by atoms with Crippen molar-refractivity contribution in [3.05, 3.63) is 96.1 Å². The Labute approximate surface area is 220 Å². The third kappa shape index (κ3) is 5.42. The average Bonchev–Trinajstić information content (AvgIpc) is 3.72. The summed E-state index contributed by atoms with van der Waals surface area (Å²) >= 11 is 0. The van der Waals surface area contributed by atoms with Crippen LogP contribution in [0.15, 0.2) is 83.5 Å². The maximum Gasteiger partial charge on any atom is 0.294 e. The Morgan fingerprint density at radius 3 is 2.55 bits per heavy atom. The number of anilines is 1. The molecule has 9 heteroatoms. The molecule has 3 aromatic heterocycles. The largest absolute Gasteiger partial charge is 0.492 e. The van der Waals surface area contributed by atoms with Gasteiger partial charge < -0.3 is 14.6 Å². The maximum absolute atomic E-state index is 12.2. The van der Waals surface area contributed by atoms with Gasteiger partial charge in [0.2, 0.25) is 5.76 Å². The van der Waals surface area contributed by atoms with Crippen molar-refractivity contribution in [3.8, 4) is 17.0 Å². The maximum atomic E-state index is 12.2. The number of hydrogen-bond donors (Lipinski definition) is 1. The van der Waals surface area contributed by atoms with Gasteiger partial charge in [0.05, 0.1) is 11.9 Å². The molecule has 0 radical (unpaired) electrons. The van der Waals surface area contributed by atoms with Gasteiger partial charge in [-0.15, -0.1) is 0 Å². The summed E-state index contributed by atoms with van der Waals surface area (Å²) in [5, 5.41) is 11.1. The summed E-state index contributed by atoms with van der Waals surface area (Å²) in [6.45, 7) is 4.06. The first-order valence-electron chi connectivity index (χ1n) is 12.8. The van der Waals surface area contributed by atoms with Crippen molar-refractivity contribution in [2.24, 2.45) is 0 Å². The van der Waals surface area contributed by atoms with Crippen molar-refractivity contribution in [1.82, 2.24) is 24.7 Å². The SMILES string of the molecule is O=C(Nc1ccc(-c2cccc3nc(Cc4ccc(OCCN5CCCC5)cc4)nn23)cc1)c1ccno1. The van der Waals surface area contributed by atoms with Gasteiger partial charge in [-0.05, 0) is 67.9 Å². The van der Waals surface area contributed by atoms with Crippen LogP contribution in [0.3, 0.4) is 0 Å². The van der Waals surface area contributed by atoms with Crippen LogP contribution in [-0.4, -0.2) is 56.8 Å². The van der Waals surface area contributed by atoms with Crippen molar-refractivity contribution >= 4 is 17.2 Å². The van der Waals surface area contributed by atoms with Crippen LogP contribution in [0, 0.1) is 0 Å². The Kier molecular flexibility index (Phi) is 6.82. The predicted octanol–water partition coefficient (Wildman–Crippen LogP) is 4.70. The molecule has 1 saturated heterocycles. The summed E-state index contributed by atoms with van der Waals surface area (Å²) in [4.78, 5) is 19.4. The fourth-order valence-corrected chi connectivity index (χ4v) is 4.68. The molecule has 4 heterocycles. The fraction of sp³-hybridized carbons (Fsp3) is 0.241. The molecule has 9 nitrogen and oxygen atoms in total. The zero-order chi connectivity index (χ0) is 25.7. The summed E-state index contributed by atoms with van der Waals surface area (Å²) in [6.07, 6.45) is 4.66. The molecular formula is C29H28N6O3. The minimum absolute atomic E-state index is 0.161. The number of carbonyl (C=O) groups is 1. The highest BCUT2D eigenvalue weighted by molar-refractivity contribution is 6.02. The van der Waals surface area contributed by atoms with E-state index in [9.17, 15) is 4.79 Å². The average molecular weight is 509 g/mol. The number of ether oxygens (including phenoxy) is 1. The predicted molar refractivity (Wildman–Crippen MR) is 143 cm³/mol. The van der Waals surface area contributed by atoms with E-state index in [0.717, 1.165) is 40.6 Å². The molecule has 192 valence electrons. The van der Waals surface area contributed by atoms with Crippen LogP contribution in [-0.2, 0) is 6.42 Å². The monoisotopic (exact) mass is 508 g/mol. The van der Waals surface area contributed by atoms with Crippen LogP contribution in [0.2, 0.25) is 0 Å². The van der Waals surface area contributed by atoms with Crippen LogP contribution in [0.5, 0.6) is 5.75 Å². The summed E-state index contributed by atoms with van der Waals surface area (Å²) in [7, 11) is 0. The van der Waals surface area contributed by atoms with Crippen molar-refractivity contribution in [1.29, 1.82) is 0 Å². The summed E-state index contributed by atoms with van der Waals surface area (Å²) in [6, 6.07) is 23.2. The highest BCUT2D eigenvalue weighted by atomic mass is 16.5. The molecule has 0 unspecified atom stereocenters. The summed E-state index contributed by atoms with van der Waals surface area (Å²) in [5.74, 6) is 1.45. The molecular weight excluding hydrogens is 480 g/mol. The molecule has 1 fully saturated rings. The van der Waals surface area contributed by atoms with Gasteiger partial charge in [-0.2, -0.15) is 5.10 Å². The normalized spacial score (nSPS) is 13.7. The molecule has 0 saturated carbocycles. The number of amides is 1. The number of aromatic nitrogens is 4. The van der Waals surface area contributed by atoms with Crippen molar-refractivity contribution in [2.45, 2.75) is 19.3 Å². The van der Waals surface area contributed by atoms with E-state index in [-0.39, 0.29) is 11.7 Å². The standard InChI is InChI=1S/C29H28N6O3/c36-29(26-14-15-30-38-26)31-23-10-8-22(9-11-23)25-4-3-5-28-32-27(33-35(25)28)20-21-6-12-24(13-7-21)37-19-18-34-16-1-2-17-34/h3-15H,1-2,16-20H2,(H,31,36). The first-order valence-corrected chi connectivity index (χ1v) is 12.8. The van der Waals surface area contributed by atoms with Crippen molar-refractivity contribution < 1.29 is 14.1 Å². The van der Waals surface area contributed by atoms with Gasteiger partial charge in [0, 0.05) is 30.3 Å². The molecule has 1 aliphatic heterocycles. The van der Waals surface area contributed by atoms with E-state index in [0.29, 0.717) is 18.7 Å². The minimum atomic E-state index is -0.347. The third-order valence-corrected chi connectivity index (χ3v) is 6.66. The lowest BCUT2D eigenvalue weighted by molar-refractivity contribution is 0.0988. The lowest BCUT2D eigenvalue weighted by atomic mass is 10.1. The number of pyridine rings is 1. The third-order valence-electron chi connectivity index (χ3n) is 6.66. The Morgan fingerprint density at radius 2 is 1.79 bits per heavy atom. The number of rotatable bonds is 9. The van der Waals surface area contributed by atoms with Gasteiger partial charge in [-0.1, -0.05) is 35.5 Å². The molecule has 0 atom stereocenters. The number of nitrogens with zero attached hydrogens (tertiary/aromatic N) is 5. The molecule has 1 amide bonds. The molecule has 0 aliphatic carbocycles. The fourth-order valence-electron chi connectivity index (χ4n) is 4.68. The van der Waals surface area contributed by atoms with Gasteiger partial charge >= 0.3 is 0 Å². The minimum Gasteiger partial charge on any atom is -0.492 e. The Hall–Kier alpha value is -4.50. The topological polar surface area (TPSA) is 97.8 Å². The lowest BCUT2D eigenvalue weighted by Crippen LogP contribution is -2.25. The summed E-state index contributed by atoms with van der Waals surface area (Å²) in [5.41, 5.74) is 4.43. The highest BCUT2D eigenvalue weighted by Gasteiger charge is 2.13. The molecule has 5 aromatic rings. The highest BCUT2D eigenvalue weighted by Crippen LogP contribution is 2.23. The molecule has 1 aliphatic rings. The van der Waals surface area contributed by atoms with E-state index in [2.05, 4.69) is 27.5 Å². The molecule has 38 heavy (non-hydrogen) atoms. The number of fused-ring (bicyclic) bond motifs is 1.